The number of carbonyl (C=O) groups is 2. The molecule has 5 rings (SSSR count). The highest BCUT2D eigenvalue weighted by Crippen LogP contribution is 2.46. The highest BCUT2D eigenvalue weighted by Gasteiger charge is 2.48. The number of halogens is 2. The summed E-state index contributed by atoms with van der Waals surface area (Å²) in [5, 5.41) is 22.3. The van der Waals surface area contributed by atoms with E-state index in [2.05, 4.69) is 4.98 Å². The summed E-state index contributed by atoms with van der Waals surface area (Å²) < 4.78 is 11.4. The molecule has 1 unspecified atom stereocenters. The Kier molecular flexibility index (Phi) is 6.45. The third-order valence-corrected chi connectivity index (χ3v) is 7.48. The fourth-order valence-electron chi connectivity index (χ4n) is 4.18. The lowest BCUT2D eigenvalue weighted by Gasteiger charge is -2.23. The molecule has 188 valence electrons. The SMILES string of the molecule is COc1cc(/C(O)=C2\C(=O)C(=O)N(c3nc4ccc(Cl)cc4s3)C2c2ccc(O)cc2)c(OC)cc1Cl. The van der Waals surface area contributed by atoms with Gasteiger partial charge < -0.3 is 19.7 Å². The third-order valence-electron chi connectivity index (χ3n) is 5.93. The van der Waals surface area contributed by atoms with Crippen molar-refractivity contribution < 1.29 is 29.3 Å². The molecule has 0 saturated carbocycles. The van der Waals surface area contributed by atoms with Gasteiger partial charge in [0, 0.05) is 11.1 Å². The lowest BCUT2D eigenvalue weighted by molar-refractivity contribution is -0.132. The lowest BCUT2D eigenvalue weighted by atomic mass is 9.95. The van der Waals surface area contributed by atoms with Crippen LogP contribution in [0.5, 0.6) is 17.2 Å². The number of phenolic OH excluding ortho intramolecular Hbond substituents is 1. The Balaban J connectivity index is 1.76. The molecule has 0 aliphatic carbocycles. The molecule has 1 aliphatic rings. The van der Waals surface area contributed by atoms with Crippen molar-refractivity contribution in [2.24, 2.45) is 0 Å². The maximum atomic E-state index is 13.4. The molecule has 0 radical (unpaired) electrons. The van der Waals surface area contributed by atoms with E-state index in [-0.39, 0.29) is 38.5 Å². The normalized spacial score (nSPS) is 17.0. The van der Waals surface area contributed by atoms with Crippen LogP contribution in [0.1, 0.15) is 17.2 Å². The van der Waals surface area contributed by atoms with Gasteiger partial charge in [0.15, 0.2) is 5.13 Å². The summed E-state index contributed by atoms with van der Waals surface area (Å²) in [5.41, 5.74) is 0.993. The van der Waals surface area contributed by atoms with Gasteiger partial charge in [0.25, 0.3) is 5.78 Å². The fourth-order valence-corrected chi connectivity index (χ4v) is 5.68. The van der Waals surface area contributed by atoms with E-state index in [1.807, 2.05) is 0 Å². The van der Waals surface area contributed by atoms with Crippen LogP contribution in [0, 0.1) is 0 Å². The standard InChI is InChI=1S/C26H18Cl2N2O6S/c1-35-18-11-16(28)19(36-2)10-15(18)23(32)21-22(12-3-6-14(31)7-4-12)30(25(34)24(21)33)26-29-17-8-5-13(27)9-20(17)37-26/h3-11,22,31-32H,1-2H3/b23-21+. The number of benzene rings is 3. The number of amides is 1. The molecule has 2 N–H and O–H groups in total. The molecule has 37 heavy (non-hydrogen) atoms. The first-order chi connectivity index (χ1) is 17.7. The number of carbonyl (C=O) groups excluding carboxylic acids is 2. The van der Waals surface area contributed by atoms with Gasteiger partial charge in [-0.1, -0.05) is 46.7 Å². The first-order valence-corrected chi connectivity index (χ1v) is 12.4. The van der Waals surface area contributed by atoms with E-state index in [0.717, 1.165) is 4.70 Å². The van der Waals surface area contributed by atoms with E-state index in [1.54, 1.807) is 30.3 Å². The van der Waals surface area contributed by atoms with E-state index in [0.29, 0.717) is 16.1 Å². The molecule has 3 aromatic carbocycles. The van der Waals surface area contributed by atoms with Gasteiger partial charge >= 0.3 is 5.91 Å². The second-order valence-electron chi connectivity index (χ2n) is 8.06. The van der Waals surface area contributed by atoms with Crippen LogP contribution in [-0.4, -0.2) is 41.1 Å². The van der Waals surface area contributed by atoms with Crippen molar-refractivity contribution >= 4 is 67.3 Å². The van der Waals surface area contributed by atoms with Gasteiger partial charge in [0.2, 0.25) is 0 Å². The second-order valence-corrected chi connectivity index (χ2v) is 9.91. The van der Waals surface area contributed by atoms with Crippen LogP contribution in [0.15, 0.2) is 60.2 Å². The summed E-state index contributed by atoms with van der Waals surface area (Å²) in [6, 6.07) is 12.9. The highest BCUT2D eigenvalue weighted by molar-refractivity contribution is 7.22. The van der Waals surface area contributed by atoms with Crippen LogP contribution in [0.4, 0.5) is 5.13 Å². The van der Waals surface area contributed by atoms with Crippen molar-refractivity contribution in [3.63, 3.8) is 0 Å². The number of ketones is 1. The Morgan fingerprint density at radius 1 is 1.00 bits per heavy atom. The number of aliphatic hydroxyl groups is 1. The van der Waals surface area contributed by atoms with Crippen LogP contribution in [0.3, 0.4) is 0 Å². The fraction of sp³-hybridized carbons (Fsp3) is 0.115. The minimum Gasteiger partial charge on any atom is -0.508 e. The molecule has 0 bridgehead atoms. The minimum atomic E-state index is -1.05. The molecule has 1 atom stereocenters. The van der Waals surface area contributed by atoms with Crippen molar-refractivity contribution in [1.82, 2.24) is 4.98 Å². The van der Waals surface area contributed by atoms with Crippen LogP contribution in [-0.2, 0) is 9.59 Å². The predicted octanol–water partition coefficient (Wildman–Crippen LogP) is 5.95. The molecule has 8 nitrogen and oxygen atoms in total. The van der Waals surface area contributed by atoms with E-state index in [4.69, 9.17) is 32.7 Å². The van der Waals surface area contributed by atoms with Crippen molar-refractivity contribution in [2.45, 2.75) is 6.04 Å². The van der Waals surface area contributed by atoms with Gasteiger partial charge in [-0.15, -0.1) is 0 Å². The quantitative estimate of drug-likeness (QED) is 0.177. The van der Waals surface area contributed by atoms with Crippen LogP contribution in [0.2, 0.25) is 10.0 Å². The minimum absolute atomic E-state index is 0.000521. The van der Waals surface area contributed by atoms with Gasteiger partial charge in [0.1, 0.15) is 23.0 Å². The lowest BCUT2D eigenvalue weighted by Crippen LogP contribution is -2.29. The molecule has 1 amide bonds. The Morgan fingerprint density at radius 2 is 1.70 bits per heavy atom. The average molecular weight is 557 g/mol. The maximum absolute atomic E-state index is 13.4. The van der Waals surface area contributed by atoms with E-state index in [9.17, 15) is 19.8 Å². The van der Waals surface area contributed by atoms with Crippen molar-refractivity contribution in [1.29, 1.82) is 0 Å². The van der Waals surface area contributed by atoms with E-state index < -0.39 is 23.5 Å². The Hall–Kier alpha value is -3.79. The summed E-state index contributed by atoms with van der Waals surface area (Å²) in [6.07, 6.45) is 0. The number of fused-ring (bicyclic) bond motifs is 1. The smallest absolute Gasteiger partial charge is 0.301 e. The summed E-state index contributed by atoms with van der Waals surface area (Å²) in [4.78, 5) is 32.7. The largest absolute Gasteiger partial charge is 0.508 e. The molecule has 2 heterocycles. The second kappa shape index (κ2) is 9.59. The van der Waals surface area contributed by atoms with Gasteiger partial charge in [-0.2, -0.15) is 0 Å². The van der Waals surface area contributed by atoms with Crippen LogP contribution < -0.4 is 14.4 Å². The molecule has 1 saturated heterocycles. The molecule has 1 aliphatic heterocycles. The number of thiazole rings is 1. The van der Waals surface area contributed by atoms with Crippen molar-refractivity contribution in [3.8, 4) is 17.2 Å². The number of phenols is 1. The zero-order chi connectivity index (χ0) is 26.4. The number of aromatic nitrogens is 1. The first-order valence-electron chi connectivity index (χ1n) is 10.8. The zero-order valence-corrected chi connectivity index (χ0v) is 21.7. The number of hydrogen-bond acceptors (Lipinski definition) is 8. The summed E-state index contributed by atoms with van der Waals surface area (Å²) in [5.74, 6) is -1.85. The number of anilines is 1. The topological polar surface area (TPSA) is 109 Å². The number of aliphatic hydroxyl groups excluding tert-OH is 1. The van der Waals surface area contributed by atoms with E-state index in [1.165, 1.54) is 54.7 Å². The van der Waals surface area contributed by atoms with Gasteiger partial charge in [-0.3, -0.25) is 14.5 Å². The molecule has 11 heteroatoms. The number of Topliss-reactive ketones (excluding diaryl/α,β-unsaturated/α-hetero) is 1. The van der Waals surface area contributed by atoms with E-state index >= 15 is 0 Å². The average Bonchev–Trinajstić information content (AvgIpc) is 3.41. The number of nitrogens with zero attached hydrogens (tertiary/aromatic N) is 2. The summed E-state index contributed by atoms with van der Waals surface area (Å²) >= 11 is 13.5. The molecule has 1 aromatic heterocycles. The van der Waals surface area contributed by atoms with Gasteiger partial charge in [0.05, 0.1) is 46.6 Å². The number of hydrogen-bond donors (Lipinski definition) is 2. The summed E-state index contributed by atoms with van der Waals surface area (Å²) in [7, 11) is 2.80. The zero-order valence-electron chi connectivity index (χ0n) is 19.4. The monoisotopic (exact) mass is 556 g/mol. The highest BCUT2D eigenvalue weighted by atomic mass is 35.5. The number of methoxy groups -OCH3 is 2. The van der Waals surface area contributed by atoms with Crippen molar-refractivity contribution in [3.05, 3.63) is 81.3 Å². The third kappa shape index (κ3) is 4.25. The first kappa shape index (κ1) is 24.9. The van der Waals surface area contributed by atoms with Crippen molar-refractivity contribution in [2.75, 3.05) is 19.1 Å². The Morgan fingerprint density at radius 3 is 2.38 bits per heavy atom. The maximum Gasteiger partial charge on any atom is 0.301 e. The molecule has 1 fully saturated rings. The summed E-state index contributed by atoms with van der Waals surface area (Å²) in [6.45, 7) is 0. The predicted molar refractivity (Wildman–Crippen MR) is 142 cm³/mol. The van der Waals surface area contributed by atoms with Crippen LogP contribution >= 0.6 is 34.5 Å². The molecular formula is C26H18Cl2N2O6S. The molecule has 4 aromatic rings. The number of aromatic hydroxyl groups is 1. The molecular weight excluding hydrogens is 539 g/mol. The number of rotatable bonds is 5. The number of ether oxygens (including phenoxy) is 2. The molecule has 0 spiro atoms. The van der Waals surface area contributed by atoms with Gasteiger partial charge in [-0.05, 0) is 42.0 Å². The van der Waals surface area contributed by atoms with Gasteiger partial charge in [-0.25, -0.2) is 4.98 Å². The Bertz CT molecular complexity index is 1600. The van der Waals surface area contributed by atoms with Crippen LogP contribution in [0.25, 0.3) is 16.0 Å². The Labute approximate surface area is 224 Å².